The van der Waals surface area contributed by atoms with Crippen molar-refractivity contribution in [2.75, 3.05) is 6.54 Å². The van der Waals surface area contributed by atoms with Gasteiger partial charge in [-0.05, 0) is 37.2 Å². The Kier molecular flexibility index (Phi) is 5.78. The second-order valence-corrected chi connectivity index (χ2v) is 5.82. The number of carbonyl (C=O) groups excluding carboxylic acids is 2. The lowest BCUT2D eigenvalue weighted by molar-refractivity contribution is -0.145. The molecular weight excluding hydrogens is 266 g/mol. The van der Waals surface area contributed by atoms with E-state index in [1.165, 1.54) is 0 Å². The van der Waals surface area contributed by atoms with Crippen LogP contribution in [0.3, 0.4) is 0 Å². The molecule has 0 radical (unpaired) electrons. The van der Waals surface area contributed by atoms with E-state index in [1.807, 2.05) is 30.3 Å². The largest absolute Gasteiger partial charge is 0.460 e. The first-order valence-electron chi connectivity index (χ1n) is 7.62. The fourth-order valence-electron chi connectivity index (χ4n) is 2.61. The topological polar surface area (TPSA) is 55.4 Å². The molecule has 4 nitrogen and oxygen atoms in total. The molecule has 0 saturated heterocycles. The summed E-state index contributed by atoms with van der Waals surface area (Å²) in [6, 6.07) is 9.50. The summed E-state index contributed by atoms with van der Waals surface area (Å²) < 4.78 is 5.13. The van der Waals surface area contributed by atoms with E-state index in [9.17, 15) is 9.59 Å². The van der Waals surface area contributed by atoms with Crippen molar-refractivity contribution in [2.24, 2.45) is 11.8 Å². The summed E-state index contributed by atoms with van der Waals surface area (Å²) in [5.74, 6) is 0.364. The van der Waals surface area contributed by atoms with Crippen LogP contribution in [0.1, 0.15) is 38.2 Å². The molecular formula is C17H23NO3. The van der Waals surface area contributed by atoms with Gasteiger partial charge in [-0.15, -0.1) is 0 Å². The summed E-state index contributed by atoms with van der Waals surface area (Å²) in [6.07, 6.45) is 4.03. The zero-order valence-corrected chi connectivity index (χ0v) is 12.5. The Morgan fingerprint density at radius 2 is 1.81 bits per heavy atom. The van der Waals surface area contributed by atoms with Gasteiger partial charge < -0.3 is 10.1 Å². The number of nitrogens with one attached hydrogen (secondary N) is 1. The van der Waals surface area contributed by atoms with Crippen LogP contribution in [0.2, 0.25) is 0 Å². The molecule has 2 rings (SSSR count). The van der Waals surface area contributed by atoms with Gasteiger partial charge in [0.05, 0.1) is 0 Å². The van der Waals surface area contributed by atoms with Crippen LogP contribution in [0.4, 0.5) is 0 Å². The molecule has 0 aromatic heterocycles. The molecule has 1 aliphatic rings. The highest BCUT2D eigenvalue weighted by molar-refractivity contribution is 5.83. The number of hydrogen-bond donors (Lipinski definition) is 1. The molecule has 1 aliphatic carbocycles. The molecule has 0 atom stereocenters. The Balaban J connectivity index is 1.65. The molecule has 1 amide bonds. The number of carbonyl (C=O) groups is 2. The highest BCUT2D eigenvalue weighted by Gasteiger charge is 2.24. The van der Waals surface area contributed by atoms with Crippen molar-refractivity contribution in [1.82, 2.24) is 5.32 Å². The third-order valence-corrected chi connectivity index (χ3v) is 4.04. The molecule has 1 aromatic carbocycles. The minimum atomic E-state index is -0.392. The van der Waals surface area contributed by atoms with Gasteiger partial charge in [0.2, 0.25) is 5.91 Å². The van der Waals surface area contributed by atoms with Gasteiger partial charge in [0, 0.05) is 5.92 Å². The van der Waals surface area contributed by atoms with Gasteiger partial charge in [-0.3, -0.25) is 9.59 Å². The summed E-state index contributed by atoms with van der Waals surface area (Å²) in [7, 11) is 0. The van der Waals surface area contributed by atoms with Crippen LogP contribution >= 0.6 is 0 Å². The van der Waals surface area contributed by atoms with Crippen LogP contribution in [0.25, 0.3) is 0 Å². The molecule has 114 valence electrons. The summed E-state index contributed by atoms with van der Waals surface area (Å²) >= 11 is 0. The zero-order valence-electron chi connectivity index (χ0n) is 12.5. The fraction of sp³-hybridized carbons (Fsp3) is 0.529. The van der Waals surface area contributed by atoms with Gasteiger partial charge >= 0.3 is 5.97 Å². The van der Waals surface area contributed by atoms with Crippen LogP contribution in [-0.4, -0.2) is 18.4 Å². The van der Waals surface area contributed by atoms with E-state index >= 15 is 0 Å². The maximum Gasteiger partial charge on any atom is 0.325 e. The Morgan fingerprint density at radius 1 is 1.14 bits per heavy atom. The minimum Gasteiger partial charge on any atom is -0.460 e. The molecule has 0 heterocycles. The monoisotopic (exact) mass is 289 g/mol. The predicted molar refractivity (Wildman–Crippen MR) is 80.4 cm³/mol. The van der Waals surface area contributed by atoms with Gasteiger partial charge in [-0.1, -0.05) is 37.3 Å². The number of ether oxygens (including phenoxy) is 1. The van der Waals surface area contributed by atoms with Gasteiger partial charge in [-0.25, -0.2) is 0 Å². The summed E-state index contributed by atoms with van der Waals surface area (Å²) in [6.45, 7) is 2.42. The zero-order chi connectivity index (χ0) is 15.1. The first-order chi connectivity index (χ1) is 10.1. The van der Waals surface area contributed by atoms with Crippen LogP contribution in [-0.2, 0) is 20.9 Å². The SMILES string of the molecule is CC1CCC(C(=O)NCC(=O)OCc2ccccc2)CC1. The number of amides is 1. The Labute approximate surface area is 125 Å². The molecule has 0 bridgehead atoms. The average molecular weight is 289 g/mol. The Bertz CT molecular complexity index is 464. The van der Waals surface area contributed by atoms with Crippen LogP contribution in [0.15, 0.2) is 30.3 Å². The molecule has 4 heteroatoms. The van der Waals surface area contributed by atoms with Crippen molar-refractivity contribution in [3.63, 3.8) is 0 Å². The maximum absolute atomic E-state index is 12.0. The van der Waals surface area contributed by atoms with Gasteiger partial charge in [0.1, 0.15) is 13.2 Å². The van der Waals surface area contributed by atoms with E-state index in [4.69, 9.17) is 4.74 Å². The molecule has 1 fully saturated rings. The second kappa shape index (κ2) is 7.81. The minimum absolute atomic E-state index is 0.0152. The van der Waals surface area contributed by atoms with Gasteiger partial charge in [0.25, 0.3) is 0 Å². The first kappa shape index (κ1) is 15.5. The van der Waals surface area contributed by atoms with Crippen molar-refractivity contribution in [1.29, 1.82) is 0 Å². The molecule has 21 heavy (non-hydrogen) atoms. The standard InChI is InChI=1S/C17H23NO3/c1-13-7-9-15(10-8-13)17(20)18-11-16(19)21-12-14-5-3-2-4-6-14/h2-6,13,15H,7-12H2,1H3,(H,18,20). The van der Waals surface area contributed by atoms with Gasteiger partial charge in [0.15, 0.2) is 0 Å². The van der Waals surface area contributed by atoms with Crippen molar-refractivity contribution in [3.8, 4) is 0 Å². The van der Waals surface area contributed by atoms with Crippen molar-refractivity contribution < 1.29 is 14.3 Å². The number of benzene rings is 1. The Morgan fingerprint density at radius 3 is 2.48 bits per heavy atom. The number of hydrogen-bond acceptors (Lipinski definition) is 3. The third-order valence-electron chi connectivity index (χ3n) is 4.04. The van der Waals surface area contributed by atoms with Crippen molar-refractivity contribution >= 4 is 11.9 Å². The predicted octanol–water partition coefficient (Wildman–Crippen LogP) is 2.67. The molecule has 1 aromatic rings. The molecule has 0 aliphatic heterocycles. The van der Waals surface area contributed by atoms with E-state index in [0.717, 1.165) is 31.2 Å². The van der Waals surface area contributed by atoms with Crippen molar-refractivity contribution in [2.45, 2.75) is 39.2 Å². The molecule has 0 unspecified atom stereocenters. The summed E-state index contributed by atoms with van der Waals surface area (Å²) in [5, 5.41) is 2.69. The molecule has 0 spiro atoms. The molecule has 1 saturated carbocycles. The van der Waals surface area contributed by atoms with Gasteiger partial charge in [-0.2, -0.15) is 0 Å². The smallest absolute Gasteiger partial charge is 0.325 e. The van der Waals surface area contributed by atoms with E-state index < -0.39 is 5.97 Å². The lowest BCUT2D eigenvalue weighted by atomic mass is 9.82. The first-order valence-corrected chi connectivity index (χ1v) is 7.62. The van der Waals surface area contributed by atoms with E-state index in [0.29, 0.717) is 5.92 Å². The van der Waals surface area contributed by atoms with E-state index in [2.05, 4.69) is 12.2 Å². The fourth-order valence-corrected chi connectivity index (χ4v) is 2.61. The quantitative estimate of drug-likeness (QED) is 0.848. The third kappa shape index (κ3) is 5.21. The second-order valence-electron chi connectivity index (χ2n) is 5.82. The highest BCUT2D eigenvalue weighted by Crippen LogP contribution is 2.28. The highest BCUT2D eigenvalue weighted by atomic mass is 16.5. The summed E-state index contributed by atoms with van der Waals surface area (Å²) in [4.78, 5) is 23.6. The van der Waals surface area contributed by atoms with Crippen LogP contribution in [0.5, 0.6) is 0 Å². The maximum atomic E-state index is 12.0. The van der Waals surface area contributed by atoms with Crippen LogP contribution in [0, 0.1) is 11.8 Å². The van der Waals surface area contributed by atoms with E-state index in [1.54, 1.807) is 0 Å². The Hall–Kier alpha value is -1.84. The van der Waals surface area contributed by atoms with E-state index in [-0.39, 0.29) is 25.0 Å². The number of esters is 1. The average Bonchev–Trinajstić information content (AvgIpc) is 2.52. The lowest BCUT2D eigenvalue weighted by Crippen LogP contribution is -2.36. The normalized spacial score (nSPS) is 21.6. The van der Waals surface area contributed by atoms with Crippen molar-refractivity contribution in [3.05, 3.63) is 35.9 Å². The summed E-state index contributed by atoms with van der Waals surface area (Å²) in [5.41, 5.74) is 0.943. The van der Waals surface area contributed by atoms with Crippen LogP contribution < -0.4 is 5.32 Å². The molecule has 1 N–H and O–H groups in total. The lowest BCUT2D eigenvalue weighted by Gasteiger charge is -2.25. The number of rotatable bonds is 5.